The Morgan fingerprint density at radius 1 is 0.463 bits per heavy atom. The highest BCUT2D eigenvalue weighted by Gasteiger charge is 2.61. The molecular weight excluding hydrogens is 724 g/mol. The second kappa shape index (κ2) is 19.8. The monoisotopic (exact) mass is 768 g/mol. The highest BCUT2D eigenvalue weighted by Crippen LogP contribution is 2.38. The molecule has 2 aliphatic rings. The zero-order valence-corrected chi connectivity index (χ0v) is 30.9. The highest BCUT2D eigenvalue weighted by atomic mass is 16.8. The van der Waals surface area contributed by atoms with Gasteiger partial charge in [-0.25, -0.2) is 0 Å². The standard InChI is InChI=1S/C35H44O19/c1-16(36)44-15-25-26(46-17(2)37)28(47-18(3)38)34(52-23(8)43)35(53-25)54-33-31(50-21(6)41)29(48-19(4)39)27(45-14-24-12-10-9-11-13-24)30(49-20(5)40)32(33)51-22(7)42/h9-13,25-35H,14-15H2,1-8H3/t25-,26-,27?,28+,29-,30+,31+,32-,33?,34-,35+/m1/s1. The van der Waals surface area contributed by atoms with Crippen LogP contribution in [0, 0.1) is 0 Å². The SMILES string of the molecule is CC(=O)OC[C@H]1O[C@@H](OC2[C@@H](OC(C)=O)[C@H](OC(C)=O)C(OCc3ccccc3)[C@H](OC(C)=O)[C@H]2OC(C)=O)[C@H](OC(C)=O)[C@@H](OC(C)=O)[C@@H]1OC(C)=O. The summed E-state index contributed by atoms with van der Waals surface area (Å²) in [6, 6.07) is 8.65. The van der Waals surface area contributed by atoms with E-state index >= 15 is 0 Å². The van der Waals surface area contributed by atoms with Gasteiger partial charge in [-0.2, -0.15) is 0 Å². The average Bonchev–Trinajstić information content (AvgIpc) is 3.04. The van der Waals surface area contributed by atoms with Crippen LogP contribution in [0.3, 0.4) is 0 Å². The van der Waals surface area contributed by atoms with Crippen LogP contribution < -0.4 is 0 Å². The molecule has 1 aromatic carbocycles. The van der Waals surface area contributed by atoms with Crippen LogP contribution in [0.4, 0.5) is 0 Å². The van der Waals surface area contributed by atoms with Crippen molar-refractivity contribution < 1.29 is 90.5 Å². The summed E-state index contributed by atoms with van der Waals surface area (Å²) in [5.41, 5.74) is 0.629. The van der Waals surface area contributed by atoms with E-state index in [0.717, 1.165) is 55.4 Å². The summed E-state index contributed by atoms with van der Waals surface area (Å²) in [4.78, 5) is 99.5. The molecular formula is C35H44O19. The average molecular weight is 769 g/mol. The summed E-state index contributed by atoms with van der Waals surface area (Å²) in [7, 11) is 0. The predicted molar refractivity (Wildman–Crippen MR) is 174 cm³/mol. The number of carbonyl (C=O) groups is 8. The van der Waals surface area contributed by atoms with Crippen LogP contribution in [0.25, 0.3) is 0 Å². The van der Waals surface area contributed by atoms with Gasteiger partial charge < -0.3 is 52.1 Å². The van der Waals surface area contributed by atoms with E-state index in [1.165, 1.54) is 0 Å². The summed E-state index contributed by atoms with van der Waals surface area (Å²) in [5, 5.41) is 0. The Bertz CT molecular complexity index is 1480. The molecule has 1 aliphatic carbocycles. The van der Waals surface area contributed by atoms with Crippen LogP contribution in [0.15, 0.2) is 30.3 Å². The molecule has 19 heteroatoms. The maximum atomic E-state index is 12.7. The van der Waals surface area contributed by atoms with Crippen molar-refractivity contribution in [3.05, 3.63) is 35.9 Å². The fourth-order valence-corrected chi connectivity index (χ4v) is 5.99. The maximum Gasteiger partial charge on any atom is 0.303 e. The molecule has 0 radical (unpaired) electrons. The Hall–Kier alpha value is -5.14. The molecule has 2 unspecified atom stereocenters. The van der Waals surface area contributed by atoms with Gasteiger partial charge in [-0.1, -0.05) is 30.3 Å². The summed E-state index contributed by atoms with van der Waals surface area (Å²) >= 11 is 0. The van der Waals surface area contributed by atoms with Crippen LogP contribution in [-0.2, 0) is 97.1 Å². The van der Waals surface area contributed by atoms with E-state index in [1.54, 1.807) is 30.3 Å². The molecule has 2 fully saturated rings. The van der Waals surface area contributed by atoms with Gasteiger partial charge in [0.15, 0.2) is 49.0 Å². The second-order valence-electron chi connectivity index (χ2n) is 12.2. The number of ether oxygens (including phenoxy) is 11. The summed E-state index contributed by atoms with van der Waals surface area (Å²) in [6.07, 6.45) is -18.5. The molecule has 298 valence electrons. The Labute approximate surface area is 310 Å². The molecule has 0 amide bonds. The lowest BCUT2D eigenvalue weighted by atomic mass is 9.83. The molecule has 11 atom stereocenters. The van der Waals surface area contributed by atoms with Gasteiger partial charge in [0, 0.05) is 55.4 Å². The summed E-state index contributed by atoms with van der Waals surface area (Å²) in [5.74, 6) is -7.25. The van der Waals surface area contributed by atoms with Gasteiger partial charge in [0.05, 0.1) is 6.61 Å². The smallest absolute Gasteiger partial charge is 0.303 e. The topological polar surface area (TPSA) is 238 Å². The first-order valence-electron chi connectivity index (χ1n) is 16.7. The van der Waals surface area contributed by atoms with E-state index in [9.17, 15) is 38.4 Å². The van der Waals surface area contributed by atoms with Crippen LogP contribution in [0.5, 0.6) is 0 Å². The van der Waals surface area contributed by atoms with Gasteiger partial charge in [-0.3, -0.25) is 38.4 Å². The fraction of sp³-hybridized carbons (Fsp3) is 0.600. The van der Waals surface area contributed by atoms with Crippen molar-refractivity contribution in [1.82, 2.24) is 0 Å². The number of benzene rings is 1. The van der Waals surface area contributed by atoms with E-state index in [1.807, 2.05) is 0 Å². The van der Waals surface area contributed by atoms with Crippen molar-refractivity contribution in [1.29, 1.82) is 0 Å². The van der Waals surface area contributed by atoms with Gasteiger partial charge >= 0.3 is 47.8 Å². The van der Waals surface area contributed by atoms with Crippen molar-refractivity contribution >= 4 is 47.8 Å². The highest BCUT2D eigenvalue weighted by molar-refractivity contribution is 5.70. The molecule has 0 bridgehead atoms. The van der Waals surface area contributed by atoms with E-state index in [0.29, 0.717) is 5.56 Å². The number of rotatable bonds is 14. The fourth-order valence-electron chi connectivity index (χ4n) is 5.99. The normalized spacial score (nSPS) is 29.0. The third-order valence-electron chi connectivity index (χ3n) is 7.68. The van der Waals surface area contributed by atoms with E-state index < -0.39 is 122 Å². The predicted octanol–water partition coefficient (Wildman–Crippen LogP) is 0.781. The van der Waals surface area contributed by atoms with Crippen molar-refractivity contribution in [2.75, 3.05) is 6.61 Å². The molecule has 1 aromatic rings. The lowest BCUT2D eigenvalue weighted by Crippen LogP contribution is -2.70. The van der Waals surface area contributed by atoms with Crippen molar-refractivity contribution in [3.63, 3.8) is 0 Å². The Morgan fingerprint density at radius 3 is 1.24 bits per heavy atom. The summed E-state index contributed by atoms with van der Waals surface area (Å²) in [6.45, 7) is 7.49. The Morgan fingerprint density at radius 2 is 0.833 bits per heavy atom. The lowest BCUT2D eigenvalue weighted by molar-refractivity contribution is -0.344. The van der Waals surface area contributed by atoms with Gasteiger partial charge in [-0.05, 0) is 5.56 Å². The van der Waals surface area contributed by atoms with E-state index in [4.69, 9.17) is 52.1 Å². The van der Waals surface area contributed by atoms with Crippen LogP contribution in [-0.4, -0.2) is 122 Å². The molecule has 0 N–H and O–H groups in total. The van der Waals surface area contributed by atoms with Gasteiger partial charge in [-0.15, -0.1) is 0 Å². The number of esters is 8. The van der Waals surface area contributed by atoms with Gasteiger partial charge in [0.2, 0.25) is 0 Å². The molecule has 19 nitrogen and oxygen atoms in total. The quantitative estimate of drug-likeness (QED) is 0.188. The number of carbonyl (C=O) groups excluding carboxylic acids is 8. The molecule has 3 rings (SSSR count). The van der Waals surface area contributed by atoms with Crippen molar-refractivity contribution in [2.45, 2.75) is 129 Å². The minimum absolute atomic E-state index is 0.161. The van der Waals surface area contributed by atoms with Crippen molar-refractivity contribution in [3.8, 4) is 0 Å². The summed E-state index contributed by atoms with van der Waals surface area (Å²) < 4.78 is 62.7. The Kier molecular flexibility index (Phi) is 15.9. The molecule has 0 spiro atoms. The van der Waals surface area contributed by atoms with Crippen LogP contribution >= 0.6 is 0 Å². The largest absolute Gasteiger partial charge is 0.463 e. The van der Waals surface area contributed by atoms with E-state index in [2.05, 4.69) is 0 Å². The molecule has 1 saturated carbocycles. The van der Waals surface area contributed by atoms with E-state index in [-0.39, 0.29) is 6.61 Å². The van der Waals surface area contributed by atoms with Gasteiger partial charge in [0.25, 0.3) is 0 Å². The minimum Gasteiger partial charge on any atom is -0.463 e. The Balaban J connectivity index is 2.26. The number of hydrogen-bond acceptors (Lipinski definition) is 19. The minimum atomic E-state index is -1.91. The number of hydrogen-bond donors (Lipinski definition) is 0. The first kappa shape index (κ1) is 43.3. The third-order valence-corrected chi connectivity index (χ3v) is 7.68. The maximum absolute atomic E-state index is 12.7. The van der Waals surface area contributed by atoms with Crippen LogP contribution in [0.2, 0.25) is 0 Å². The molecule has 1 saturated heterocycles. The zero-order chi connectivity index (χ0) is 40.3. The van der Waals surface area contributed by atoms with Crippen LogP contribution in [0.1, 0.15) is 61.0 Å². The van der Waals surface area contributed by atoms with Gasteiger partial charge in [0.1, 0.15) is 24.9 Å². The molecule has 54 heavy (non-hydrogen) atoms. The molecule has 1 aliphatic heterocycles. The second-order valence-corrected chi connectivity index (χ2v) is 12.2. The third kappa shape index (κ3) is 12.5. The molecule has 1 heterocycles. The molecule has 0 aromatic heterocycles. The zero-order valence-electron chi connectivity index (χ0n) is 30.9. The lowest BCUT2D eigenvalue weighted by Gasteiger charge is -2.50. The first-order chi connectivity index (χ1) is 25.4. The van der Waals surface area contributed by atoms with Crippen molar-refractivity contribution in [2.24, 2.45) is 0 Å². The first-order valence-corrected chi connectivity index (χ1v) is 16.7.